The molecule has 1 rings (SSSR count). The van der Waals surface area contributed by atoms with Crippen LogP contribution in [0.1, 0.15) is 53.4 Å². The van der Waals surface area contributed by atoms with E-state index in [4.69, 9.17) is 0 Å². The second-order valence-corrected chi connectivity index (χ2v) is 9.88. The van der Waals surface area contributed by atoms with Crippen LogP contribution < -0.4 is 5.32 Å². The quantitative estimate of drug-likeness (QED) is 0.757. The van der Waals surface area contributed by atoms with Gasteiger partial charge in [0.2, 0.25) is 0 Å². The summed E-state index contributed by atoms with van der Waals surface area (Å²) in [4.78, 5) is 0. The maximum absolute atomic E-state index is 11.9. The summed E-state index contributed by atoms with van der Waals surface area (Å²) in [5.41, 5.74) is -0.641. The Balaban J connectivity index is 2.32. The Bertz CT molecular complexity index is 376. The summed E-state index contributed by atoms with van der Waals surface area (Å²) in [6, 6.07) is 0. The molecular weight excluding hydrogens is 262 g/mol. The molecule has 4 nitrogen and oxygen atoms in total. The topological polar surface area (TPSA) is 66.4 Å². The Morgan fingerprint density at radius 1 is 1.26 bits per heavy atom. The monoisotopic (exact) mass is 291 g/mol. The molecule has 0 aliphatic heterocycles. The summed E-state index contributed by atoms with van der Waals surface area (Å²) in [5, 5.41) is 13.5. The van der Waals surface area contributed by atoms with E-state index in [-0.39, 0.29) is 5.75 Å². The summed E-state index contributed by atoms with van der Waals surface area (Å²) in [6.07, 6.45) is 3.73. The SMILES string of the molecule is CC1CCC(O)(CNCCS(=O)(=O)C(C)(C)C)CC1. The van der Waals surface area contributed by atoms with Crippen LogP contribution in [0.5, 0.6) is 0 Å². The molecule has 1 fully saturated rings. The molecule has 0 aromatic heterocycles. The van der Waals surface area contributed by atoms with Gasteiger partial charge in [0.25, 0.3) is 0 Å². The van der Waals surface area contributed by atoms with Crippen molar-refractivity contribution in [3.63, 3.8) is 0 Å². The van der Waals surface area contributed by atoms with Gasteiger partial charge in [-0.15, -0.1) is 0 Å². The molecule has 0 atom stereocenters. The van der Waals surface area contributed by atoms with E-state index in [9.17, 15) is 13.5 Å². The second-order valence-electron chi connectivity index (χ2n) is 7.01. The van der Waals surface area contributed by atoms with Gasteiger partial charge in [-0.05, 0) is 52.4 Å². The Hall–Kier alpha value is -0.130. The summed E-state index contributed by atoms with van der Waals surface area (Å²) >= 11 is 0. The van der Waals surface area contributed by atoms with Gasteiger partial charge >= 0.3 is 0 Å². The van der Waals surface area contributed by atoms with Crippen molar-refractivity contribution >= 4 is 9.84 Å². The van der Waals surface area contributed by atoms with Crippen LogP contribution in [-0.4, -0.2) is 42.7 Å². The van der Waals surface area contributed by atoms with E-state index in [1.54, 1.807) is 20.8 Å². The predicted molar refractivity (Wildman–Crippen MR) is 79.0 cm³/mol. The lowest BCUT2D eigenvalue weighted by Crippen LogP contribution is -2.45. The van der Waals surface area contributed by atoms with E-state index >= 15 is 0 Å². The number of hydrogen-bond donors (Lipinski definition) is 2. The van der Waals surface area contributed by atoms with Crippen molar-refractivity contribution in [1.82, 2.24) is 5.32 Å². The zero-order chi connectivity index (χ0) is 14.7. The van der Waals surface area contributed by atoms with Crippen molar-refractivity contribution < 1.29 is 13.5 Å². The van der Waals surface area contributed by atoms with Crippen molar-refractivity contribution in [2.45, 2.75) is 63.7 Å². The Morgan fingerprint density at radius 2 is 1.79 bits per heavy atom. The predicted octanol–water partition coefficient (Wildman–Crippen LogP) is 1.73. The van der Waals surface area contributed by atoms with Gasteiger partial charge in [0.05, 0.1) is 16.1 Å². The minimum atomic E-state index is -3.07. The van der Waals surface area contributed by atoms with Gasteiger partial charge in [-0.25, -0.2) is 8.42 Å². The van der Waals surface area contributed by atoms with Crippen LogP contribution >= 0.6 is 0 Å². The highest BCUT2D eigenvalue weighted by Crippen LogP contribution is 2.31. The van der Waals surface area contributed by atoms with Gasteiger partial charge in [0.15, 0.2) is 9.84 Å². The van der Waals surface area contributed by atoms with Crippen molar-refractivity contribution in [2.75, 3.05) is 18.8 Å². The molecule has 0 unspecified atom stereocenters. The molecule has 0 spiro atoms. The molecule has 2 N–H and O–H groups in total. The van der Waals surface area contributed by atoms with Crippen molar-refractivity contribution in [3.05, 3.63) is 0 Å². The minimum Gasteiger partial charge on any atom is -0.389 e. The highest BCUT2D eigenvalue weighted by atomic mass is 32.2. The number of rotatable bonds is 5. The zero-order valence-electron chi connectivity index (χ0n) is 12.7. The largest absolute Gasteiger partial charge is 0.389 e. The van der Waals surface area contributed by atoms with Crippen LogP contribution in [0, 0.1) is 5.92 Å². The molecule has 1 aliphatic carbocycles. The van der Waals surface area contributed by atoms with Crippen LogP contribution in [-0.2, 0) is 9.84 Å². The fraction of sp³-hybridized carbons (Fsp3) is 1.00. The second kappa shape index (κ2) is 6.10. The Labute approximate surface area is 117 Å². The molecule has 114 valence electrons. The lowest BCUT2D eigenvalue weighted by atomic mass is 9.79. The lowest BCUT2D eigenvalue weighted by molar-refractivity contribution is -0.00559. The van der Waals surface area contributed by atoms with Crippen LogP contribution in [0.3, 0.4) is 0 Å². The fourth-order valence-electron chi connectivity index (χ4n) is 2.31. The summed E-state index contributed by atoms with van der Waals surface area (Å²) in [6.45, 7) is 8.29. The van der Waals surface area contributed by atoms with Crippen molar-refractivity contribution in [3.8, 4) is 0 Å². The van der Waals surface area contributed by atoms with Crippen LogP contribution in [0.4, 0.5) is 0 Å². The highest BCUT2D eigenvalue weighted by Gasteiger charge is 2.32. The van der Waals surface area contributed by atoms with E-state index in [2.05, 4.69) is 12.2 Å². The molecule has 0 radical (unpaired) electrons. The summed E-state index contributed by atoms with van der Waals surface area (Å²) < 4.78 is 23.1. The van der Waals surface area contributed by atoms with Gasteiger partial charge in [-0.3, -0.25) is 0 Å². The third-order valence-electron chi connectivity index (χ3n) is 4.14. The molecule has 0 heterocycles. The molecule has 0 saturated heterocycles. The first kappa shape index (κ1) is 16.9. The van der Waals surface area contributed by atoms with Gasteiger partial charge in [0.1, 0.15) is 0 Å². The first-order valence-electron chi connectivity index (χ1n) is 7.21. The normalized spacial score (nSPS) is 29.4. The van der Waals surface area contributed by atoms with Gasteiger partial charge in [0, 0.05) is 13.1 Å². The molecule has 1 aliphatic rings. The molecule has 0 amide bonds. The van der Waals surface area contributed by atoms with E-state index < -0.39 is 20.2 Å². The summed E-state index contributed by atoms with van der Waals surface area (Å²) in [5.74, 6) is 0.824. The molecule has 19 heavy (non-hydrogen) atoms. The number of hydrogen-bond acceptors (Lipinski definition) is 4. The number of nitrogens with one attached hydrogen (secondary N) is 1. The fourth-order valence-corrected chi connectivity index (χ4v) is 3.34. The molecule has 0 bridgehead atoms. The van der Waals surface area contributed by atoms with Gasteiger partial charge in [-0.1, -0.05) is 6.92 Å². The highest BCUT2D eigenvalue weighted by molar-refractivity contribution is 7.92. The molecule has 0 aromatic carbocycles. The van der Waals surface area contributed by atoms with Crippen LogP contribution in [0.25, 0.3) is 0 Å². The van der Waals surface area contributed by atoms with Crippen LogP contribution in [0.15, 0.2) is 0 Å². The number of sulfone groups is 1. The average molecular weight is 291 g/mol. The van der Waals surface area contributed by atoms with Gasteiger partial charge in [-0.2, -0.15) is 0 Å². The van der Waals surface area contributed by atoms with Crippen molar-refractivity contribution in [1.29, 1.82) is 0 Å². The number of aliphatic hydroxyl groups is 1. The van der Waals surface area contributed by atoms with E-state index in [0.717, 1.165) is 25.7 Å². The maximum Gasteiger partial charge on any atom is 0.156 e. The molecule has 0 aromatic rings. The third kappa shape index (κ3) is 5.04. The molecule has 5 heteroatoms. The first-order chi connectivity index (χ1) is 8.56. The zero-order valence-corrected chi connectivity index (χ0v) is 13.5. The van der Waals surface area contributed by atoms with Gasteiger partial charge < -0.3 is 10.4 Å². The standard InChI is InChI=1S/C14H29NO3S/c1-12-5-7-14(16,8-6-12)11-15-9-10-19(17,18)13(2,3)4/h12,15-16H,5-11H2,1-4H3. The Morgan fingerprint density at radius 3 is 2.26 bits per heavy atom. The van der Waals surface area contributed by atoms with E-state index in [1.807, 2.05) is 0 Å². The van der Waals surface area contributed by atoms with E-state index in [1.165, 1.54) is 0 Å². The van der Waals surface area contributed by atoms with Crippen molar-refractivity contribution in [2.24, 2.45) is 5.92 Å². The lowest BCUT2D eigenvalue weighted by Gasteiger charge is -2.35. The average Bonchev–Trinajstić information content (AvgIpc) is 2.28. The maximum atomic E-state index is 11.9. The molecule has 1 saturated carbocycles. The summed E-state index contributed by atoms with van der Waals surface area (Å²) in [7, 11) is -3.07. The minimum absolute atomic E-state index is 0.128. The smallest absolute Gasteiger partial charge is 0.156 e. The van der Waals surface area contributed by atoms with Crippen LogP contribution in [0.2, 0.25) is 0 Å². The molecular formula is C14H29NO3S. The third-order valence-corrected chi connectivity index (χ3v) is 6.75. The first-order valence-corrected chi connectivity index (χ1v) is 8.86. The Kier molecular flexibility index (Phi) is 5.43. The van der Waals surface area contributed by atoms with E-state index in [0.29, 0.717) is 19.0 Å².